The fraction of sp³-hybridized carbons (Fsp3) is 0.500. The van der Waals surface area contributed by atoms with Crippen LogP contribution in [0.5, 0.6) is 5.75 Å². The molecule has 0 radical (unpaired) electrons. The van der Waals surface area contributed by atoms with Crippen LogP contribution in [0.15, 0.2) is 24.3 Å². The van der Waals surface area contributed by atoms with Gasteiger partial charge < -0.3 is 20.7 Å². The lowest BCUT2D eigenvalue weighted by Crippen LogP contribution is -2.34. The number of ether oxygens (including phenoxy) is 1. The third-order valence-electron chi connectivity index (χ3n) is 2.69. The highest BCUT2D eigenvalue weighted by Gasteiger charge is 2.11. The summed E-state index contributed by atoms with van der Waals surface area (Å²) < 4.78 is 5.60. The van der Waals surface area contributed by atoms with Gasteiger partial charge >= 0.3 is 0 Å². The zero-order valence-electron chi connectivity index (χ0n) is 12.7. The van der Waals surface area contributed by atoms with Gasteiger partial charge in [0.2, 0.25) is 5.91 Å². The predicted octanol–water partition coefficient (Wildman–Crippen LogP) is 2.15. The van der Waals surface area contributed by atoms with E-state index in [2.05, 4.69) is 5.32 Å². The molecule has 21 heavy (non-hydrogen) atoms. The summed E-state index contributed by atoms with van der Waals surface area (Å²) in [5, 5.41) is 2.78. The first-order valence-electron chi connectivity index (χ1n) is 6.47. The lowest BCUT2D eigenvalue weighted by molar-refractivity contribution is -0.117. The van der Waals surface area contributed by atoms with Crippen LogP contribution in [0.2, 0.25) is 0 Å². The Kier molecular flexibility index (Phi) is 12.3. The maximum atomic E-state index is 11.7. The predicted molar refractivity (Wildman–Crippen MR) is 91.9 cm³/mol. The Morgan fingerprint density at radius 2 is 2.05 bits per heavy atom. The van der Waals surface area contributed by atoms with Crippen LogP contribution in [0.25, 0.3) is 0 Å². The molecule has 122 valence electrons. The number of nitrogens with zero attached hydrogens (tertiary/aromatic N) is 1. The van der Waals surface area contributed by atoms with Gasteiger partial charge in [-0.05, 0) is 32.6 Å². The molecule has 7 heteroatoms. The number of carbonyl (C=O) groups excluding carboxylic acids is 1. The van der Waals surface area contributed by atoms with Crippen LogP contribution in [0.1, 0.15) is 13.3 Å². The summed E-state index contributed by atoms with van der Waals surface area (Å²) in [5.41, 5.74) is 6.37. The molecule has 1 rings (SSSR count). The van der Waals surface area contributed by atoms with Crippen molar-refractivity contribution in [3.8, 4) is 5.75 Å². The average Bonchev–Trinajstić information content (AvgIpc) is 2.37. The van der Waals surface area contributed by atoms with E-state index in [-0.39, 0.29) is 30.7 Å². The van der Waals surface area contributed by atoms with Crippen molar-refractivity contribution in [1.29, 1.82) is 0 Å². The number of hydrogen-bond donors (Lipinski definition) is 2. The highest BCUT2D eigenvalue weighted by atomic mass is 35.5. The number of likely N-dealkylation sites (N-methyl/N-ethyl adjacent to an activating group) is 1. The monoisotopic (exact) mass is 337 g/mol. The van der Waals surface area contributed by atoms with Crippen molar-refractivity contribution < 1.29 is 9.53 Å². The lowest BCUT2D eigenvalue weighted by Gasteiger charge is -2.13. The van der Waals surface area contributed by atoms with Crippen molar-refractivity contribution in [1.82, 2.24) is 4.90 Å². The summed E-state index contributed by atoms with van der Waals surface area (Å²) in [6, 6.07) is 6.86. The van der Waals surface area contributed by atoms with Crippen molar-refractivity contribution in [3.63, 3.8) is 0 Å². The molecule has 1 aromatic carbocycles. The van der Waals surface area contributed by atoms with Crippen LogP contribution >= 0.6 is 24.8 Å². The zero-order chi connectivity index (χ0) is 14.3. The number of anilines is 1. The minimum atomic E-state index is -0.474. The molecular formula is C14H25Cl2N3O2. The van der Waals surface area contributed by atoms with Gasteiger partial charge in [0.1, 0.15) is 12.4 Å². The molecule has 0 spiro atoms. The molecule has 1 aromatic rings. The van der Waals surface area contributed by atoms with Gasteiger partial charge in [-0.15, -0.1) is 24.8 Å². The number of nitrogens with one attached hydrogen (secondary N) is 1. The first-order valence-corrected chi connectivity index (χ1v) is 6.47. The van der Waals surface area contributed by atoms with Gasteiger partial charge in [-0.1, -0.05) is 13.0 Å². The molecule has 0 saturated heterocycles. The molecule has 1 amide bonds. The Hall–Kier alpha value is -1.01. The Labute approximate surface area is 139 Å². The number of carbonyl (C=O) groups is 1. The number of hydrogen-bond acceptors (Lipinski definition) is 4. The molecule has 0 aliphatic heterocycles. The van der Waals surface area contributed by atoms with E-state index >= 15 is 0 Å². The van der Waals surface area contributed by atoms with Gasteiger partial charge in [-0.3, -0.25) is 4.79 Å². The Morgan fingerprint density at radius 3 is 2.62 bits per heavy atom. The third-order valence-corrected chi connectivity index (χ3v) is 2.69. The number of nitrogens with two attached hydrogens (primary N) is 1. The minimum absolute atomic E-state index is 0. The van der Waals surface area contributed by atoms with E-state index in [1.807, 2.05) is 44.1 Å². The fourth-order valence-electron chi connectivity index (χ4n) is 1.43. The van der Waals surface area contributed by atoms with E-state index in [0.29, 0.717) is 18.7 Å². The highest BCUT2D eigenvalue weighted by molar-refractivity contribution is 5.94. The molecule has 0 saturated carbocycles. The fourth-order valence-corrected chi connectivity index (χ4v) is 1.43. The normalized spacial score (nSPS) is 11.1. The summed E-state index contributed by atoms with van der Waals surface area (Å²) in [7, 11) is 3.98. The van der Waals surface area contributed by atoms with Gasteiger partial charge in [-0.2, -0.15) is 0 Å². The highest BCUT2D eigenvalue weighted by Crippen LogP contribution is 2.17. The lowest BCUT2D eigenvalue weighted by atomic mass is 10.2. The molecule has 0 fully saturated rings. The zero-order valence-corrected chi connectivity index (χ0v) is 14.3. The summed E-state index contributed by atoms with van der Waals surface area (Å²) >= 11 is 0. The second kappa shape index (κ2) is 11.6. The Morgan fingerprint density at radius 1 is 1.38 bits per heavy atom. The smallest absolute Gasteiger partial charge is 0.241 e. The molecule has 0 unspecified atom stereocenters. The molecule has 0 aliphatic carbocycles. The van der Waals surface area contributed by atoms with Crippen LogP contribution in [-0.2, 0) is 4.79 Å². The maximum absolute atomic E-state index is 11.7. The molecule has 0 heterocycles. The minimum Gasteiger partial charge on any atom is -0.492 e. The quantitative estimate of drug-likeness (QED) is 0.799. The van der Waals surface area contributed by atoms with Gasteiger partial charge in [0, 0.05) is 18.3 Å². The number of benzene rings is 1. The van der Waals surface area contributed by atoms with Gasteiger partial charge in [0.15, 0.2) is 0 Å². The second-order valence-electron chi connectivity index (χ2n) is 4.68. The molecule has 0 aliphatic rings. The topological polar surface area (TPSA) is 67.6 Å². The van der Waals surface area contributed by atoms with E-state index in [1.165, 1.54) is 0 Å². The van der Waals surface area contributed by atoms with Gasteiger partial charge in [-0.25, -0.2) is 0 Å². The van der Waals surface area contributed by atoms with Gasteiger partial charge in [0.05, 0.1) is 6.04 Å². The first-order chi connectivity index (χ1) is 9.02. The Balaban J connectivity index is 0. The standard InChI is InChI=1S/C14H23N3O2.2ClH/c1-4-13(15)14(18)16-11-6-5-7-12(10-11)19-9-8-17(2)3;;/h5-7,10,13H,4,8-9,15H2,1-3H3,(H,16,18);2*1H/t13-;;/m0../s1. The van der Waals surface area contributed by atoms with E-state index in [0.717, 1.165) is 12.3 Å². The van der Waals surface area contributed by atoms with Crippen LogP contribution in [0, 0.1) is 0 Å². The van der Waals surface area contributed by atoms with Crippen molar-refractivity contribution in [2.24, 2.45) is 5.73 Å². The first kappa shape index (κ1) is 22.3. The molecular weight excluding hydrogens is 313 g/mol. The van der Waals surface area contributed by atoms with Crippen molar-refractivity contribution in [3.05, 3.63) is 24.3 Å². The van der Waals surface area contributed by atoms with E-state index in [4.69, 9.17) is 10.5 Å². The van der Waals surface area contributed by atoms with Crippen LogP contribution in [0.3, 0.4) is 0 Å². The maximum Gasteiger partial charge on any atom is 0.241 e. The summed E-state index contributed by atoms with van der Waals surface area (Å²) in [5.74, 6) is 0.567. The van der Waals surface area contributed by atoms with E-state index < -0.39 is 6.04 Å². The Bertz CT molecular complexity index is 417. The van der Waals surface area contributed by atoms with E-state index in [1.54, 1.807) is 6.07 Å². The number of amides is 1. The third kappa shape index (κ3) is 8.78. The molecule has 0 bridgehead atoms. The molecule has 0 aromatic heterocycles. The van der Waals surface area contributed by atoms with Crippen LogP contribution < -0.4 is 15.8 Å². The van der Waals surface area contributed by atoms with Crippen LogP contribution in [0.4, 0.5) is 5.69 Å². The number of halogens is 2. The van der Waals surface area contributed by atoms with E-state index in [9.17, 15) is 4.79 Å². The van der Waals surface area contributed by atoms with Crippen molar-refractivity contribution >= 4 is 36.4 Å². The average molecular weight is 338 g/mol. The molecule has 5 nitrogen and oxygen atoms in total. The summed E-state index contributed by atoms with van der Waals surface area (Å²) in [6.07, 6.45) is 0.616. The van der Waals surface area contributed by atoms with Crippen LogP contribution in [-0.4, -0.2) is 44.1 Å². The van der Waals surface area contributed by atoms with Crippen molar-refractivity contribution in [2.75, 3.05) is 32.6 Å². The molecule has 1 atom stereocenters. The van der Waals surface area contributed by atoms with Crippen molar-refractivity contribution in [2.45, 2.75) is 19.4 Å². The van der Waals surface area contributed by atoms with Gasteiger partial charge in [0.25, 0.3) is 0 Å². The summed E-state index contributed by atoms with van der Waals surface area (Å²) in [6.45, 7) is 3.33. The molecule has 3 N–H and O–H groups in total. The SMILES string of the molecule is CC[C@H](N)C(=O)Nc1cccc(OCCN(C)C)c1.Cl.Cl. The second-order valence-corrected chi connectivity index (χ2v) is 4.68. The largest absolute Gasteiger partial charge is 0.492 e. The number of rotatable bonds is 7. The summed E-state index contributed by atoms with van der Waals surface area (Å²) in [4.78, 5) is 13.7.